The van der Waals surface area contributed by atoms with E-state index >= 15 is 0 Å². The third-order valence-corrected chi connectivity index (χ3v) is 4.55. The fourth-order valence-electron chi connectivity index (χ4n) is 3.35. The summed E-state index contributed by atoms with van der Waals surface area (Å²) >= 11 is 0. The Morgan fingerprint density at radius 1 is 1.20 bits per heavy atom. The molecule has 1 aromatic carbocycles. The van der Waals surface area contributed by atoms with Crippen LogP contribution in [0.5, 0.6) is 0 Å². The first-order chi connectivity index (χ1) is 9.45. The van der Waals surface area contributed by atoms with E-state index in [1.165, 1.54) is 18.6 Å². The lowest BCUT2D eigenvalue weighted by molar-refractivity contribution is -0.137. The van der Waals surface area contributed by atoms with E-state index in [0.717, 1.165) is 36.5 Å². The van der Waals surface area contributed by atoms with Crippen molar-refractivity contribution in [3.63, 3.8) is 0 Å². The second-order valence-corrected chi connectivity index (χ2v) is 5.79. The standard InChI is InChI=1S/C16H18F3N/c1-20-14-6-3-7-15(20)10-12(9-14)11-4-2-5-13(8-11)16(17,18)19/h2,4-5,8-9,14-15H,3,6-7,10H2,1H3. The summed E-state index contributed by atoms with van der Waals surface area (Å²) in [7, 11) is 2.12. The minimum absolute atomic E-state index is 0.382. The Balaban J connectivity index is 1.94. The predicted octanol–water partition coefficient (Wildman–Crippen LogP) is 4.35. The molecule has 0 saturated carbocycles. The minimum Gasteiger partial charge on any atom is -0.297 e. The van der Waals surface area contributed by atoms with Gasteiger partial charge in [0.15, 0.2) is 0 Å². The first kappa shape index (κ1) is 13.7. The van der Waals surface area contributed by atoms with Gasteiger partial charge >= 0.3 is 6.18 Å². The second kappa shape index (κ2) is 4.92. The van der Waals surface area contributed by atoms with E-state index in [9.17, 15) is 13.2 Å². The second-order valence-electron chi connectivity index (χ2n) is 5.79. The number of piperidine rings is 1. The molecule has 3 rings (SSSR count). The summed E-state index contributed by atoms with van der Waals surface area (Å²) in [6.07, 6.45) is 2.21. The number of alkyl halides is 3. The molecule has 20 heavy (non-hydrogen) atoms. The monoisotopic (exact) mass is 281 g/mol. The summed E-state index contributed by atoms with van der Waals surface area (Å²) in [5.74, 6) is 0. The molecule has 2 unspecified atom stereocenters. The first-order valence-electron chi connectivity index (χ1n) is 7.05. The Morgan fingerprint density at radius 3 is 2.70 bits per heavy atom. The number of rotatable bonds is 1. The van der Waals surface area contributed by atoms with Gasteiger partial charge in [-0.1, -0.05) is 24.6 Å². The Morgan fingerprint density at radius 2 is 2.00 bits per heavy atom. The number of halogens is 3. The van der Waals surface area contributed by atoms with Crippen LogP contribution in [0.3, 0.4) is 0 Å². The van der Waals surface area contributed by atoms with Crippen molar-refractivity contribution >= 4 is 5.57 Å². The zero-order chi connectivity index (χ0) is 14.3. The van der Waals surface area contributed by atoms with Crippen molar-refractivity contribution in [2.24, 2.45) is 0 Å². The van der Waals surface area contributed by atoms with Crippen LogP contribution in [0.1, 0.15) is 36.8 Å². The van der Waals surface area contributed by atoms with E-state index in [2.05, 4.69) is 18.0 Å². The highest BCUT2D eigenvalue weighted by molar-refractivity contribution is 5.68. The van der Waals surface area contributed by atoms with E-state index in [0.29, 0.717) is 12.1 Å². The molecule has 2 aliphatic rings. The van der Waals surface area contributed by atoms with Crippen LogP contribution in [-0.2, 0) is 6.18 Å². The highest BCUT2D eigenvalue weighted by atomic mass is 19.4. The molecule has 4 heteroatoms. The van der Waals surface area contributed by atoms with Crippen LogP contribution in [-0.4, -0.2) is 24.0 Å². The van der Waals surface area contributed by atoms with Gasteiger partial charge in [0, 0.05) is 12.1 Å². The van der Waals surface area contributed by atoms with Crippen LogP contribution in [0.2, 0.25) is 0 Å². The highest BCUT2D eigenvalue weighted by Crippen LogP contribution is 2.37. The Bertz CT molecular complexity index is 533. The molecule has 0 amide bonds. The molecule has 2 atom stereocenters. The van der Waals surface area contributed by atoms with Crippen molar-refractivity contribution < 1.29 is 13.2 Å². The molecule has 0 radical (unpaired) electrons. The van der Waals surface area contributed by atoms with Gasteiger partial charge in [-0.2, -0.15) is 13.2 Å². The molecule has 0 aromatic heterocycles. The van der Waals surface area contributed by atoms with Crippen LogP contribution in [0, 0.1) is 0 Å². The van der Waals surface area contributed by atoms with Gasteiger partial charge < -0.3 is 0 Å². The van der Waals surface area contributed by atoms with Crippen LogP contribution >= 0.6 is 0 Å². The van der Waals surface area contributed by atoms with Crippen molar-refractivity contribution in [3.05, 3.63) is 41.5 Å². The predicted molar refractivity (Wildman–Crippen MR) is 73.2 cm³/mol. The molecular weight excluding hydrogens is 263 g/mol. The summed E-state index contributed by atoms with van der Waals surface area (Å²) < 4.78 is 38.4. The number of benzene rings is 1. The highest BCUT2D eigenvalue weighted by Gasteiger charge is 2.33. The van der Waals surface area contributed by atoms with Crippen molar-refractivity contribution in [3.8, 4) is 0 Å². The van der Waals surface area contributed by atoms with Gasteiger partial charge in [-0.15, -0.1) is 0 Å². The molecule has 0 N–H and O–H groups in total. The van der Waals surface area contributed by atoms with E-state index in [1.807, 2.05) is 0 Å². The van der Waals surface area contributed by atoms with Gasteiger partial charge in [0.25, 0.3) is 0 Å². The molecule has 2 heterocycles. The maximum absolute atomic E-state index is 12.8. The van der Waals surface area contributed by atoms with Gasteiger partial charge in [0.05, 0.1) is 5.56 Å². The van der Waals surface area contributed by atoms with Crippen molar-refractivity contribution in [2.75, 3.05) is 7.05 Å². The molecule has 108 valence electrons. The zero-order valence-corrected chi connectivity index (χ0v) is 11.5. The molecule has 0 spiro atoms. The lowest BCUT2D eigenvalue weighted by Gasteiger charge is -2.42. The number of hydrogen-bond acceptors (Lipinski definition) is 1. The summed E-state index contributed by atoms with van der Waals surface area (Å²) in [4.78, 5) is 2.36. The van der Waals surface area contributed by atoms with Crippen molar-refractivity contribution in [2.45, 2.75) is 43.9 Å². The Kier molecular flexibility index (Phi) is 3.36. The topological polar surface area (TPSA) is 3.24 Å². The fraction of sp³-hybridized carbons (Fsp3) is 0.500. The Hall–Kier alpha value is -1.29. The number of hydrogen-bond donors (Lipinski definition) is 0. The average molecular weight is 281 g/mol. The van der Waals surface area contributed by atoms with Gasteiger partial charge in [-0.25, -0.2) is 0 Å². The third-order valence-electron chi connectivity index (χ3n) is 4.55. The number of likely N-dealkylation sites (N-methyl/N-ethyl adjacent to an activating group) is 1. The normalized spacial score (nSPS) is 27.3. The van der Waals surface area contributed by atoms with E-state index in [4.69, 9.17) is 0 Å². The third kappa shape index (κ3) is 2.49. The van der Waals surface area contributed by atoms with Crippen molar-refractivity contribution in [1.82, 2.24) is 4.90 Å². The summed E-state index contributed by atoms with van der Waals surface area (Å²) in [5.41, 5.74) is 1.24. The van der Waals surface area contributed by atoms with Crippen LogP contribution < -0.4 is 0 Å². The molecule has 1 nitrogen and oxygen atoms in total. The molecule has 1 fully saturated rings. The summed E-state index contributed by atoms with van der Waals surface area (Å²) in [6.45, 7) is 0. The maximum atomic E-state index is 12.8. The lowest BCUT2D eigenvalue weighted by Crippen LogP contribution is -2.45. The van der Waals surface area contributed by atoms with Crippen LogP contribution in [0.15, 0.2) is 30.3 Å². The van der Waals surface area contributed by atoms with E-state index in [-0.39, 0.29) is 0 Å². The fourth-order valence-corrected chi connectivity index (χ4v) is 3.35. The van der Waals surface area contributed by atoms with E-state index < -0.39 is 11.7 Å². The lowest BCUT2D eigenvalue weighted by atomic mass is 9.83. The van der Waals surface area contributed by atoms with Gasteiger partial charge in [-0.3, -0.25) is 4.90 Å². The van der Waals surface area contributed by atoms with Crippen LogP contribution in [0.25, 0.3) is 5.57 Å². The number of nitrogens with zero attached hydrogens (tertiary/aromatic N) is 1. The van der Waals surface area contributed by atoms with Gasteiger partial charge in [0.1, 0.15) is 0 Å². The summed E-state index contributed by atoms with van der Waals surface area (Å²) in [6, 6.07) is 6.58. The zero-order valence-electron chi connectivity index (χ0n) is 11.5. The molecule has 1 aromatic rings. The smallest absolute Gasteiger partial charge is 0.297 e. The molecule has 2 aliphatic heterocycles. The molecule has 2 bridgehead atoms. The van der Waals surface area contributed by atoms with Crippen LogP contribution in [0.4, 0.5) is 13.2 Å². The summed E-state index contributed by atoms with van der Waals surface area (Å²) in [5, 5.41) is 0. The minimum atomic E-state index is -4.27. The molecule has 1 saturated heterocycles. The van der Waals surface area contributed by atoms with Gasteiger partial charge in [0.2, 0.25) is 0 Å². The van der Waals surface area contributed by atoms with Crippen molar-refractivity contribution in [1.29, 1.82) is 0 Å². The first-order valence-corrected chi connectivity index (χ1v) is 7.05. The number of fused-ring (bicyclic) bond motifs is 2. The quantitative estimate of drug-likeness (QED) is 0.740. The SMILES string of the molecule is CN1C2C=C(c3cccc(C(F)(F)F)c3)CC1CCC2. The largest absolute Gasteiger partial charge is 0.416 e. The maximum Gasteiger partial charge on any atom is 0.416 e. The Labute approximate surface area is 117 Å². The van der Waals surface area contributed by atoms with Gasteiger partial charge in [-0.05, 0) is 49.6 Å². The average Bonchev–Trinajstić information content (AvgIpc) is 2.37. The molecular formula is C16H18F3N. The molecule has 0 aliphatic carbocycles. The van der Waals surface area contributed by atoms with E-state index in [1.54, 1.807) is 6.07 Å².